The predicted molar refractivity (Wildman–Crippen MR) is 112 cm³/mol. The van der Waals surface area contributed by atoms with Crippen molar-refractivity contribution in [2.75, 3.05) is 28.2 Å². The molecule has 2 aliphatic carbocycles. The van der Waals surface area contributed by atoms with E-state index in [0.29, 0.717) is 17.2 Å². The minimum atomic E-state index is -1.85. The van der Waals surface area contributed by atoms with Crippen LogP contribution in [0, 0.1) is 0 Å². The molecule has 8 nitrogen and oxygen atoms in total. The average Bonchev–Trinajstić information content (AvgIpc) is 3.10. The van der Waals surface area contributed by atoms with Crippen LogP contribution in [0.15, 0.2) is 35.0 Å². The minimum Gasteiger partial charge on any atom is -0.349 e. The summed E-state index contributed by atoms with van der Waals surface area (Å²) in [5, 5.41) is 5.16. The van der Waals surface area contributed by atoms with Gasteiger partial charge >= 0.3 is 6.03 Å². The van der Waals surface area contributed by atoms with Gasteiger partial charge in [0.05, 0.1) is 0 Å². The minimum absolute atomic E-state index is 0.383. The molecule has 1 aromatic rings. The average molecular weight is 403 g/mol. The van der Waals surface area contributed by atoms with Crippen molar-refractivity contribution < 1.29 is 14.4 Å². The molecule has 152 valence electrons. The van der Waals surface area contributed by atoms with Gasteiger partial charge in [0, 0.05) is 39.5 Å². The lowest BCUT2D eigenvalue weighted by molar-refractivity contribution is -0.146. The molecule has 1 N–H and O–H groups in total. The number of likely N-dealkylation sites (N-methyl/N-ethyl adjacent to an activating group) is 2. The quantitative estimate of drug-likeness (QED) is 0.585. The van der Waals surface area contributed by atoms with E-state index in [9.17, 15) is 14.4 Å². The highest BCUT2D eigenvalue weighted by Gasteiger charge is 2.61. The second kappa shape index (κ2) is 5.91. The first kappa shape index (κ1) is 18.4. The van der Waals surface area contributed by atoms with Gasteiger partial charge in [0.2, 0.25) is 5.54 Å². The normalized spacial score (nSPS) is 20.9. The van der Waals surface area contributed by atoms with Crippen molar-refractivity contribution in [1.29, 1.82) is 0 Å². The fourth-order valence-electron chi connectivity index (χ4n) is 4.43. The maximum atomic E-state index is 13.5. The standard InChI is InChI=1S/C22H21N5O3/c1-25(2)20-23-16-11-14-9-12-7-5-6-8-13(12)10-15(14)17(16)22(24-20)18(28)26(3)21(30)27(4)19(22)29/h5-7,9-11H,8H2,1-4H3,(H,23,24). The van der Waals surface area contributed by atoms with Crippen molar-refractivity contribution in [3.05, 3.63) is 51.5 Å². The Bertz CT molecular complexity index is 1240. The van der Waals surface area contributed by atoms with Crippen LogP contribution >= 0.6 is 0 Å². The van der Waals surface area contributed by atoms with Crippen molar-refractivity contribution in [3.63, 3.8) is 0 Å². The molecule has 30 heavy (non-hydrogen) atoms. The number of carbonyl (C=O) groups excluding carboxylic acids is 3. The molecule has 2 aliphatic heterocycles. The van der Waals surface area contributed by atoms with E-state index in [0.717, 1.165) is 37.8 Å². The summed E-state index contributed by atoms with van der Waals surface area (Å²) in [6, 6.07) is 3.43. The number of hydrogen-bond acceptors (Lipinski definition) is 6. The zero-order valence-electron chi connectivity index (χ0n) is 17.2. The SMILES string of the molecule is CN(C)C1=NC2(C(=O)N(C)C(=O)N(C)C2=O)C2=c3cc4c(cc3C=C2N1)=CC=CC4. The smallest absolute Gasteiger partial charge is 0.333 e. The number of imide groups is 2. The van der Waals surface area contributed by atoms with Crippen LogP contribution in [0.5, 0.6) is 0 Å². The molecule has 8 heteroatoms. The first-order chi connectivity index (χ1) is 14.3. The molecule has 0 atom stereocenters. The molecule has 4 amide bonds. The molecule has 1 aromatic carbocycles. The van der Waals surface area contributed by atoms with Crippen molar-refractivity contribution in [3.8, 4) is 0 Å². The molecule has 2 heterocycles. The van der Waals surface area contributed by atoms with Gasteiger partial charge in [-0.1, -0.05) is 18.2 Å². The topological polar surface area (TPSA) is 85.3 Å². The third kappa shape index (κ3) is 2.16. The molecule has 1 fully saturated rings. The van der Waals surface area contributed by atoms with E-state index in [2.05, 4.69) is 22.5 Å². The number of nitrogens with one attached hydrogen (secondary N) is 1. The lowest BCUT2D eigenvalue weighted by Gasteiger charge is -2.43. The van der Waals surface area contributed by atoms with Gasteiger partial charge < -0.3 is 10.2 Å². The van der Waals surface area contributed by atoms with Crippen molar-refractivity contribution in [2.45, 2.75) is 12.0 Å². The highest BCUT2D eigenvalue weighted by Crippen LogP contribution is 2.40. The van der Waals surface area contributed by atoms with Gasteiger partial charge in [-0.05, 0) is 46.2 Å². The fourth-order valence-corrected chi connectivity index (χ4v) is 4.43. The molecular weight excluding hydrogens is 382 g/mol. The van der Waals surface area contributed by atoms with Crippen LogP contribution in [0.25, 0.3) is 17.7 Å². The van der Waals surface area contributed by atoms with Crippen LogP contribution in [0.1, 0.15) is 11.1 Å². The molecule has 1 saturated heterocycles. The summed E-state index contributed by atoms with van der Waals surface area (Å²) in [4.78, 5) is 47.7. The monoisotopic (exact) mass is 403 g/mol. The van der Waals surface area contributed by atoms with Crippen molar-refractivity contribution in [2.24, 2.45) is 4.99 Å². The van der Waals surface area contributed by atoms with Crippen LogP contribution in [0.3, 0.4) is 0 Å². The van der Waals surface area contributed by atoms with E-state index < -0.39 is 23.4 Å². The van der Waals surface area contributed by atoms with Crippen LogP contribution in [0.4, 0.5) is 4.79 Å². The van der Waals surface area contributed by atoms with E-state index >= 15 is 0 Å². The molecule has 0 bridgehead atoms. The van der Waals surface area contributed by atoms with E-state index in [1.54, 1.807) is 19.0 Å². The Labute approximate surface area is 173 Å². The Morgan fingerprint density at radius 3 is 2.47 bits per heavy atom. The molecular formula is C22H21N5O3. The van der Waals surface area contributed by atoms with E-state index in [1.165, 1.54) is 14.1 Å². The Kier molecular flexibility index (Phi) is 3.62. The number of carbonyl (C=O) groups is 3. The number of allylic oxidation sites excluding steroid dienone is 2. The number of benzene rings is 1. The number of nitrogens with zero attached hydrogens (tertiary/aromatic N) is 4. The number of rotatable bonds is 0. The molecule has 0 unspecified atom stereocenters. The maximum Gasteiger partial charge on any atom is 0.333 e. The molecule has 1 spiro atoms. The first-order valence-corrected chi connectivity index (χ1v) is 9.67. The summed E-state index contributed by atoms with van der Waals surface area (Å²) in [5.74, 6) is -0.905. The van der Waals surface area contributed by atoms with E-state index in [4.69, 9.17) is 0 Å². The van der Waals surface area contributed by atoms with Gasteiger partial charge in [0.1, 0.15) is 0 Å². The van der Waals surface area contributed by atoms with Crippen LogP contribution in [-0.2, 0) is 16.0 Å². The number of barbiturate groups is 1. The van der Waals surface area contributed by atoms with Crippen LogP contribution in [0.2, 0.25) is 0 Å². The number of fused-ring (bicyclic) bond motifs is 4. The predicted octanol–water partition coefficient (Wildman–Crippen LogP) is -0.605. The van der Waals surface area contributed by atoms with Gasteiger partial charge in [-0.2, -0.15) is 0 Å². The van der Waals surface area contributed by atoms with Gasteiger partial charge in [0.25, 0.3) is 11.8 Å². The number of amides is 4. The Morgan fingerprint density at radius 1 is 1.10 bits per heavy atom. The van der Waals surface area contributed by atoms with Crippen molar-refractivity contribution >= 4 is 41.5 Å². The van der Waals surface area contributed by atoms with Gasteiger partial charge in [-0.3, -0.25) is 19.4 Å². The van der Waals surface area contributed by atoms with Gasteiger partial charge in [0.15, 0.2) is 5.96 Å². The number of guanidine groups is 1. The maximum absolute atomic E-state index is 13.5. The Morgan fingerprint density at radius 2 is 1.80 bits per heavy atom. The van der Waals surface area contributed by atoms with Gasteiger partial charge in [-0.25, -0.2) is 9.79 Å². The van der Waals surface area contributed by atoms with E-state index in [-0.39, 0.29) is 0 Å². The fraction of sp³-hybridized carbons (Fsp3) is 0.273. The van der Waals surface area contributed by atoms with Crippen LogP contribution in [-0.4, -0.2) is 72.2 Å². The first-order valence-electron chi connectivity index (χ1n) is 9.67. The number of aliphatic imine (C=N–C) groups is 1. The second-order valence-electron chi connectivity index (χ2n) is 8.05. The molecule has 0 saturated carbocycles. The van der Waals surface area contributed by atoms with Gasteiger partial charge in [-0.15, -0.1) is 0 Å². The molecule has 0 radical (unpaired) electrons. The summed E-state index contributed by atoms with van der Waals surface area (Å²) in [6.07, 6.45) is 8.85. The number of hydrogen-bond donors (Lipinski definition) is 1. The largest absolute Gasteiger partial charge is 0.349 e. The molecule has 0 aromatic heterocycles. The third-order valence-electron chi connectivity index (χ3n) is 6.01. The van der Waals surface area contributed by atoms with Crippen LogP contribution < -0.4 is 15.8 Å². The summed E-state index contributed by atoms with van der Waals surface area (Å²) < 4.78 is 0. The zero-order chi connectivity index (χ0) is 21.4. The Balaban J connectivity index is 1.88. The van der Waals surface area contributed by atoms with E-state index in [1.807, 2.05) is 24.3 Å². The second-order valence-corrected chi connectivity index (χ2v) is 8.05. The highest BCUT2D eigenvalue weighted by molar-refractivity contribution is 6.31. The highest BCUT2D eigenvalue weighted by atomic mass is 16.2. The lowest BCUT2D eigenvalue weighted by Crippen LogP contribution is -2.69. The number of urea groups is 1. The summed E-state index contributed by atoms with van der Waals surface area (Å²) in [7, 11) is 6.33. The summed E-state index contributed by atoms with van der Waals surface area (Å²) >= 11 is 0. The lowest BCUT2D eigenvalue weighted by atomic mass is 9.82. The Hall–Kier alpha value is -3.68. The third-order valence-corrected chi connectivity index (χ3v) is 6.01. The van der Waals surface area contributed by atoms with Crippen molar-refractivity contribution in [1.82, 2.24) is 20.0 Å². The zero-order valence-corrected chi connectivity index (χ0v) is 17.2. The molecule has 4 aliphatic rings. The summed E-state index contributed by atoms with van der Waals surface area (Å²) in [5.41, 5.74) is 1.33. The molecule has 5 rings (SSSR count). The summed E-state index contributed by atoms with van der Waals surface area (Å²) in [6.45, 7) is 0.